The number of aryl methyl sites for hydroxylation is 3. The highest BCUT2D eigenvalue weighted by atomic mass is 127. The average Bonchev–Trinajstić information content (AvgIpc) is 2.69. The molecule has 20 heavy (non-hydrogen) atoms. The van der Waals surface area contributed by atoms with Gasteiger partial charge in [-0.1, -0.05) is 29.8 Å². The van der Waals surface area contributed by atoms with Gasteiger partial charge in [-0.2, -0.15) is 5.10 Å². The molecule has 2 rings (SSSR count). The molecule has 1 atom stereocenters. The lowest BCUT2D eigenvalue weighted by Gasteiger charge is -2.15. The second-order valence-electron chi connectivity index (χ2n) is 4.86. The van der Waals surface area contributed by atoms with Crippen LogP contribution >= 0.6 is 34.2 Å². The van der Waals surface area contributed by atoms with E-state index in [0.717, 1.165) is 27.1 Å². The molecule has 1 aromatic heterocycles. The molecule has 0 saturated heterocycles. The second kappa shape index (κ2) is 6.45. The van der Waals surface area contributed by atoms with Gasteiger partial charge in [0.1, 0.15) is 0 Å². The number of halogens is 2. The molecule has 1 aromatic carbocycles. The van der Waals surface area contributed by atoms with Gasteiger partial charge in [0, 0.05) is 16.5 Å². The van der Waals surface area contributed by atoms with Crippen molar-refractivity contribution < 1.29 is 5.11 Å². The summed E-state index contributed by atoms with van der Waals surface area (Å²) in [6.07, 6.45) is -0.0897. The van der Waals surface area contributed by atoms with Crippen molar-refractivity contribution in [2.45, 2.75) is 39.8 Å². The molecule has 0 saturated carbocycles. The van der Waals surface area contributed by atoms with E-state index in [1.807, 2.05) is 43.7 Å². The van der Waals surface area contributed by atoms with E-state index < -0.39 is 6.10 Å². The van der Waals surface area contributed by atoms with Crippen molar-refractivity contribution in [1.82, 2.24) is 9.78 Å². The minimum atomic E-state index is -0.569. The van der Waals surface area contributed by atoms with Crippen molar-refractivity contribution in [1.29, 1.82) is 0 Å². The van der Waals surface area contributed by atoms with E-state index in [1.54, 1.807) is 0 Å². The zero-order valence-corrected chi connectivity index (χ0v) is 14.7. The van der Waals surface area contributed by atoms with E-state index in [2.05, 4.69) is 27.7 Å². The Hall–Kier alpha value is -0.590. The molecule has 0 aliphatic heterocycles. The van der Waals surface area contributed by atoms with Gasteiger partial charge in [-0.3, -0.25) is 4.68 Å². The lowest BCUT2D eigenvalue weighted by atomic mass is 10.0. The first-order chi connectivity index (χ1) is 9.45. The summed E-state index contributed by atoms with van der Waals surface area (Å²) in [4.78, 5) is 0. The molecule has 5 heteroatoms. The van der Waals surface area contributed by atoms with Crippen LogP contribution < -0.4 is 0 Å². The molecule has 108 valence electrons. The molecular weight excluding hydrogens is 387 g/mol. The van der Waals surface area contributed by atoms with E-state index in [9.17, 15) is 5.11 Å². The van der Waals surface area contributed by atoms with Crippen LogP contribution in [0.4, 0.5) is 0 Å². The fourth-order valence-corrected chi connectivity index (χ4v) is 3.22. The first kappa shape index (κ1) is 15.8. The van der Waals surface area contributed by atoms with Crippen LogP contribution in [0.1, 0.15) is 35.5 Å². The Morgan fingerprint density at radius 3 is 2.75 bits per heavy atom. The van der Waals surface area contributed by atoms with Gasteiger partial charge < -0.3 is 5.11 Å². The highest BCUT2D eigenvalue weighted by molar-refractivity contribution is 14.1. The van der Waals surface area contributed by atoms with Crippen LogP contribution in [0.25, 0.3) is 0 Å². The van der Waals surface area contributed by atoms with Crippen molar-refractivity contribution >= 4 is 34.2 Å². The number of aliphatic hydroxyl groups excluding tert-OH is 1. The number of aliphatic hydroxyl groups is 1. The highest BCUT2D eigenvalue weighted by Gasteiger charge is 2.19. The van der Waals surface area contributed by atoms with Crippen LogP contribution in [0, 0.1) is 17.4 Å². The Morgan fingerprint density at radius 1 is 1.40 bits per heavy atom. The van der Waals surface area contributed by atoms with Crippen LogP contribution in [-0.2, 0) is 13.0 Å². The maximum absolute atomic E-state index is 10.5. The first-order valence-electron chi connectivity index (χ1n) is 6.60. The molecular formula is C15H18ClIN2O. The standard InChI is InChI=1S/C15H18ClIN2O/c1-4-19-12(14(16)10(3)18-19)8-13(20)11-7-5-6-9(2)15(11)17/h5-7,13,20H,4,8H2,1-3H3. The van der Waals surface area contributed by atoms with Crippen LogP contribution in [0.2, 0.25) is 5.02 Å². The maximum Gasteiger partial charge on any atom is 0.0856 e. The number of hydrogen-bond acceptors (Lipinski definition) is 2. The topological polar surface area (TPSA) is 38.0 Å². The normalized spacial score (nSPS) is 12.7. The SMILES string of the molecule is CCn1nc(C)c(Cl)c1CC(O)c1cccc(C)c1I. The molecule has 1 N–H and O–H groups in total. The van der Waals surface area contributed by atoms with Crippen LogP contribution in [0.3, 0.4) is 0 Å². The molecule has 1 heterocycles. The number of benzene rings is 1. The molecule has 0 fully saturated rings. The average molecular weight is 405 g/mol. The van der Waals surface area contributed by atoms with E-state index in [4.69, 9.17) is 11.6 Å². The van der Waals surface area contributed by atoms with E-state index in [1.165, 1.54) is 5.56 Å². The summed E-state index contributed by atoms with van der Waals surface area (Å²) in [5.41, 5.74) is 3.84. The summed E-state index contributed by atoms with van der Waals surface area (Å²) < 4.78 is 2.97. The Bertz CT molecular complexity index is 625. The fraction of sp³-hybridized carbons (Fsp3) is 0.400. The van der Waals surface area contributed by atoms with Crippen molar-refractivity contribution in [2.75, 3.05) is 0 Å². The van der Waals surface area contributed by atoms with Gasteiger partial charge >= 0.3 is 0 Å². The third-order valence-electron chi connectivity index (χ3n) is 3.42. The molecule has 0 aliphatic carbocycles. The van der Waals surface area contributed by atoms with Crippen molar-refractivity contribution in [2.24, 2.45) is 0 Å². The molecule has 0 bridgehead atoms. The van der Waals surface area contributed by atoms with Gasteiger partial charge in [-0.25, -0.2) is 0 Å². The Labute approximate surface area is 138 Å². The summed E-state index contributed by atoms with van der Waals surface area (Å²) >= 11 is 8.58. The van der Waals surface area contributed by atoms with Crippen LogP contribution in [-0.4, -0.2) is 14.9 Å². The van der Waals surface area contributed by atoms with Gasteiger partial charge in [0.05, 0.1) is 22.5 Å². The van der Waals surface area contributed by atoms with Gasteiger partial charge in [0.15, 0.2) is 0 Å². The van der Waals surface area contributed by atoms with Crippen LogP contribution in [0.5, 0.6) is 0 Å². The minimum Gasteiger partial charge on any atom is -0.388 e. The summed E-state index contributed by atoms with van der Waals surface area (Å²) in [6.45, 7) is 6.71. The largest absolute Gasteiger partial charge is 0.388 e. The molecule has 1 unspecified atom stereocenters. The number of rotatable bonds is 4. The summed E-state index contributed by atoms with van der Waals surface area (Å²) in [7, 11) is 0. The van der Waals surface area contributed by atoms with Gasteiger partial charge in [0.25, 0.3) is 0 Å². The Morgan fingerprint density at radius 2 is 2.10 bits per heavy atom. The molecule has 0 amide bonds. The lowest BCUT2D eigenvalue weighted by molar-refractivity contribution is 0.174. The highest BCUT2D eigenvalue weighted by Crippen LogP contribution is 2.29. The Kier molecular flexibility index (Phi) is 5.09. The number of nitrogens with zero attached hydrogens (tertiary/aromatic N) is 2. The molecule has 0 aliphatic rings. The fourth-order valence-electron chi connectivity index (χ4n) is 2.28. The molecule has 3 nitrogen and oxygen atoms in total. The van der Waals surface area contributed by atoms with E-state index in [-0.39, 0.29) is 0 Å². The predicted molar refractivity (Wildman–Crippen MR) is 90.2 cm³/mol. The smallest absolute Gasteiger partial charge is 0.0856 e. The zero-order valence-electron chi connectivity index (χ0n) is 11.8. The molecule has 2 aromatic rings. The number of hydrogen-bond donors (Lipinski definition) is 1. The summed E-state index contributed by atoms with van der Waals surface area (Å²) in [5, 5.41) is 15.6. The van der Waals surface area contributed by atoms with Gasteiger partial charge in [-0.05, 0) is 54.5 Å². The predicted octanol–water partition coefficient (Wildman–Crippen LogP) is 4.05. The van der Waals surface area contributed by atoms with E-state index in [0.29, 0.717) is 11.4 Å². The van der Waals surface area contributed by atoms with Crippen molar-refractivity contribution in [3.8, 4) is 0 Å². The molecule has 0 spiro atoms. The second-order valence-corrected chi connectivity index (χ2v) is 6.32. The van der Waals surface area contributed by atoms with Crippen molar-refractivity contribution in [3.05, 3.63) is 49.3 Å². The molecule has 0 radical (unpaired) electrons. The Balaban J connectivity index is 2.32. The van der Waals surface area contributed by atoms with Crippen molar-refractivity contribution in [3.63, 3.8) is 0 Å². The number of aromatic nitrogens is 2. The third-order valence-corrected chi connectivity index (χ3v) is 5.39. The quantitative estimate of drug-likeness (QED) is 0.781. The zero-order chi connectivity index (χ0) is 14.9. The lowest BCUT2D eigenvalue weighted by Crippen LogP contribution is -2.10. The van der Waals surface area contributed by atoms with Crippen LogP contribution in [0.15, 0.2) is 18.2 Å². The third kappa shape index (κ3) is 3.02. The maximum atomic E-state index is 10.5. The van der Waals surface area contributed by atoms with Gasteiger partial charge in [0.2, 0.25) is 0 Å². The van der Waals surface area contributed by atoms with E-state index >= 15 is 0 Å². The van der Waals surface area contributed by atoms with Gasteiger partial charge in [-0.15, -0.1) is 0 Å². The summed E-state index contributed by atoms with van der Waals surface area (Å²) in [5.74, 6) is 0. The summed E-state index contributed by atoms with van der Waals surface area (Å²) in [6, 6.07) is 5.98. The monoisotopic (exact) mass is 404 g/mol. The minimum absolute atomic E-state index is 0.479. The first-order valence-corrected chi connectivity index (χ1v) is 8.06.